The molecule has 0 rings (SSSR count). The van der Waals surface area contributed by atoms with E-state index < -0.39 is 0 Å². The molecule has 4 nitrogen and oxygen atoms in total. The Morgan fingerprint density at radius 2 is 0.647 bits per heavy atom. The Labute approximate surface area is 212 Å². The minimum Gasteiger partial charge on any atom is -0.396 e. The zero-order valence-corrected chi connectivity index (χ0v) is 22.9. The summed E-state index contributed by atoms with van der Waals surface area (Å²) in [7, 11) is 0. The molecule has 34 heavy (non-hydrogen) atoms. The standard InChI is InChI=1S/C30H62O4/c1-28(32)27-30(34)24-22-20-18-16-14-12-10-8-6-4-2-3-5-7-9-11-13-15-17-19-21-23-29(33)25-26-31/h28-34H,2-27H2,1H3. The van der Waals surface area contributed by atoms with Gasteiger partial charge in [-0.3, -0.25) is 0 Å². The first-order valence-corrected chi connectivity index (χ1v) is 15.2. The van der Waals surface area contributed by atoms with E-state index in [-0.39, 0.29) is 24.9 Å². The Bertz CT molecular complexity index is 375. The van der Waals surface area contributed by atoms with Crippen LogP contribution in [0.5, 0.6) is 0 Å². The maximum atomic E-state index is 9.74. The largest absolute Gasteiger partial charge is 0.396 e. The van der Waals surface area contributed by atoms with Gasteiger partial charge in [0.25, 0.3) is 0 Å². The third-order valence-electron chi connectivity index (χ3n) is 7.15. The van der Waals surface area contributed by atoms with E-state index in [1.54, 1.807) is 6.92 Å². The fraction of sp³-hybridized carbons (Fsp3) is 1.00. The zero-order valence-electron chi connectivity index (χ0n) is 22.9. The Morgan fingerprint density at radius 1 is 0.382 bits per heavy atom. The van der Waals surface area contributed by atoms with Crippen LogP contribution in [0.15, 0.2) is 0 Å². The van der Waals surface area contributed by atoms with Gasteiger partial charge in [0.15, 0.2) is 0 Å². The summed E-state index contributed by atoms with van der Waals surface area (Å²) in [5.74, 6) is 0. The molecule has 0 saturated carbocycles. The maximum absolute atomic E-state index is 9.74. The van der Waals surface area contributed by atoms with Crippen molar-refractivity contribution < 1.29 is 20.4 Å². The minimum absolute atomic E-state index is 0.101. The lowest BCUT2D eigenvalue weighted by atomic mass is 10.0. The number of hydrogen-bond donors (Lipinski definition) is 4. The molecule has 3 atom stereocenters. The Kier molecular flexibility index (Phi) is 27.3. The van der Waals surface area contributed by atoms with Gasteiger partial charge in [-0.25, -0.2) is 0 Å². The molecule has 3 unspecified atom stereocenters. The van der Waals surface area contributed by atoms with Gasteiger partial charge in [-0.15, -0.1) is 0 Å². The van der Waals surface area contributed by atoms with Crippen molar-refractivity contribution in [1.29, 1.82) is 0 Å². The summed E-state index contributed by atoms with van der Waals surface area (Å²) in [5, 5.41) is 37.3. The molecular weight excluding hydrogens is 424 g/mol. The summed E-state index contributed by atoms with van der Waals surface area (Å²) in [6, 6.07) is 0. The second kappa shape index (κ2) is 27.4. The summed E-state index contributed by atoms with van der Waals surface area (Å²) in [4.78, 5) is 0. The molecule has 0 spiro atoms. The predicted molar refractivity (Wildman–Crippen MR) is 146 cm³/mol. The van der Waals surface area contributed by atoms with Crippen molar-refractivity contribution in [3.8, 4) is 0 Å². The molecule has 0 amide bonds. The van der Waals surface area contributed by atoms with Crippen molar-refractivity contribution in [2.24, 2.45) is 0 Å². The van der Waals surface area contributed by atoms with Gasteiger partial charge in [0.05, 0.1) is 18.3 Å². The Hall–Kier alpha value is -0.160. The van der Waals surface area contributed by atoms with Crippen LogP contribution in [0.1, 0.15) is 167 Å². The molecule has 0 aliphatic carbocycles. The quantitative estimate of drug-likeness (QED) is 0.0849. The first-order chi connectivity index (χ1) is 16.6. The third kappa shape index (κ3) is 28.1. The number of rotatable bonds is 28. The first-order valence-electron chi connectivity index (χ1n) is 15.2. The molecule has 0 bridgehead atoms. The molecule has 4 N–H and O–H groups in total. The van der Waals surface area contributed by atoms with Crippen LogP contribution in [0, 0.1) is 0 Å². The van der Waals surface area contributed by atoms with Gasteiger partial charge in [-0.05, 0) is 32.6 Å². The SMILES string of the molecule is CC(O)CC(O)CCCCCCCCCCCCCCCCCCCCCCCC(O)CCO. The third-order valence-corrected chi connectivity index (χ3v) is 7.15. The Balaban J connectivity index is 3.09. The van der Waals surface area contributed by atoms with Crippen molar-refractivity contribution >= 4 is 0 Å². The summed E-state index contributed by atoms with van der Waals surface area (Å²) < 4.78 is 0. The number of aliphatic hydroxyl groups is 4. The summed E-state index contributed by atoms with van der Waals surface area (Å²) in [6.07, 6.45) is 29.8. The average molecular weight is 487 g/mol. The molecule has 0 fully saturated rings. The van der Waals surface area contributed by atoms with Crippen molar-refractivity contribution in [2.45, 2.75) is 186 Å². The minimum atomic E-state index is -0.386. The van der Waals surface area contributed by atoms with E-state index in [0.29, 0.717) is 12.8 Å². The molecule has 0 heterocycles. The molecule has 0 radical (unpaired) electrons. The van der Waals surface area contributed by atoms with E-state index in [1.807, 2.05) is 0 Å². The van der Waals surface area contributed by atoms with Crippen LogP contribution >= 0.6 is 0 Å². The number of hydrogen-bond acceptors (Lipinski definition) is 4. The van der Waals surface area contributed by atoms with Gasteiger partial charge in [0.2, 0.25) is 0 Å². The lowest BCUT2D eigenvalue weighted by Gasteiger charge is -2.11. The average Bonchev–Trinajstić information content (AvgIpc) is 2.79. The van der Waals surface area contributed by atoms with Crippen LogP contribution in [0.4, 0.5) is 0 Å². The Morgan fingerprint density at radius 3 is 0.912 bits per heavy atom. The molecule has 0 aromatic heterocycles. The highest BCUT2D eigenvalue weighted by atomic mass is 16.3. The lowest BCUT2D eigenvalue weighted by molar-refractivity contribution is 0.0834. The monoisotopic (exact) mass is 486 g/mol. The van der Waals surface area contributed by atoms with Gasteiger partial charge in [-0.1, -0.05) is 135 Å². The predicted octanol–water partition coefficient (Wildman–Crippen LogP) is 7.83. The smallest absolute Gasteiger partial charge is 0.0564 e. The van der Waals surface area contributed by atoms with E-state index in [9.17, 15) is 15.3 Å². The molecule has 4 heteroatoms. The van der Waals surface area contributed by atoms with Gasteiger partial charge in [0.1, 0.15) is 0 Å². The van der Waals surface area contributed by atoms with E-state index >= 15 is 0 Å². The van der Waals surface area contributed by atoms with Gasteiger partial charge in [0, 0.05) is 6.61 Å². The molecular formula is C30H62O4. The molecule has 0 saturated heterocycles. The van der Waals surface area contributed by atoms with Gasteiger partial charge >= 0.3 is 0 Å². The number of aliphatic hydroxyl groups excluding tert-OH is 4. The topological polar surface area (TPSA) is 80.9 Å². The lowest BCUT2D eigenvalue weighted by Crippen LogP contribution is -2.14. The molecule has 0 aliphatic rings. The highest BCUT2D eigenvalue weighted by Crippen LogP contribution is 2.16. The van der Waals surface area contributed by atoms with Crippen LogP contribution in [-0.4, -0.2) is 45.3 Å². The van der Waals surface area contributed by atoms with E-state index in [1.165, 1.54) is 122 Å². The van der Waals surface area contributed by atoms with Crippen LogP contribution in [0.2, 0.25) is 0 Å². The second-order valence-corrected chi connectivity index (χ2v) is 10.9. The normalized spacial score (nSPS) is 14.4. The fourth-order valence-electron chi connectivity index (χ4n) is 4.92. The van der Waals surface area contributed by atoms with Crippen molar-refractivity contribution in [3.05, 3.63) is 0 Å². The van der Waals surface area contributed by atoms with E-state index in [4.69, 9.17) is 5.11 Å². The highest BCUT2D eigenvalue weighted by molar-refractivity contribution is 4.60. The summed E-state index contributed by atoms with van der Waals surface area (Å²) in [5.41, 5.74) is 0. The van der Waals surface area contributed by atoms with E-state index in [2.05, 4.69) is 0 Å². The second-order valence-electron chi connectivity index (χ2n) is 10.9. The zero-order chi connectivity index (χ0) is 25.1. The van der Waals surface area contributed by atoms with Crippen LogP contribution < -0.4 is 0 Å². The van der Waals surface area contributed by atoms with Crippen LogP contribution in [-0.2, 0) is 0 Å². The summed E-state index contributed by atoms with van der Waals surface area (Å²) in [6.45, 7) is 1.85. The van der Waals surface area contributed by atoms with Gasteiger partial charge < -0.3 is 20.4 Å². The molecule has 206 valence electrons. The van der Waals surface area contributed by atoms with Crippen molar-refractivity contribution in [3.63, 3.8) is 0 Å². The maximum Gasteiger partial charge on any atom is 0.0564 e. The van der Waals surface area contributed by atoms with Crippen molar-refractivity contribution in [1.82, 2.24) is 0 Å². The summed E-state index contributed by atoms with van der Waals surface area (Å²) >= 11 is 0. The molecule has 0 aliphatic heterocycles. The van der Waals surface area contributed by atoms with E-state index in [0.717, 1.165) is 25.7 Å². The van der Waals surface area contributed by atoms with Crippen LogP contribution in [0.3, 0.4) is 0 Å². The van der Waals surface area contributed by atoms with Crippen LogP contribution in [0.25, 0.3) is 0 Å². The van der Waals surface area contributed by atoms with Gasteiger partial charge in [-0.2, -0.15) is 0 Å². The number of unbranched alkanes of at least 4 members (excludes halogenated alkanes) is 20. The highest BCUT2D eigenvalue weighted by Gasteiger charge is 2.07. The first kappa shape index (κ1) is 33.8. The molecule has 0 aromatic carbocycles. The van der Waals surface area contributed by atoms with Crippen molar-refractivity contribution in [2.75, 3.05) is 6.61 Å². The molecule has 0 aromatic rings. The fourth-order valence-corrected chi connectivity index (χ4v) is 4.92.